The number of carbonyl (C=O) groups excluding carboxylic acids is 1. The van der Waals surface area contributed by atoms with Gasteiger partial charge >= 0.3 is 0 Å². The maximum absolute atomic E-state index is 12.4. The number of benzene rings is 2. The molecule has 0 aromatic heterocycles. The van der Waals surface area contributed by atoms with Crippen LogP contribution in [0.2, 0.25) is 10.0 Å². The maximum atomic E-state index is 12.4. The van der Waals surface area contributed by atoms with E-state index in [2.05, 4.69) is 0 Å². The lowest BCUT2D eigenvalue weighted by molar-refractivity contribution is 0.103. The minimum absolute atomic E-state index is 0.107. The molecular formula is C15H12Cl2O2. The van der Waals surface area contributed by atoms with Crippen LogP contribution in [0.3, 0.4) is 0 Å². The number of rotatable bonds is 3. The summed E-state index contributed by atoms with van der Waals surface area (Å²) in [5.74, 6) is 0.436. The predicted molar refractivity (Wildman–Crippen MR) is 77.6 cm³/mol. The van der Waals surface area contributed by atoms with E-state index in [0.29, 0.717) is 26.9 Å². The van der Waals surface area contributed by atoms with Crippen molar-refractivity contribution in [1.82, 2.24) is 0 Å². The number of ketones is 1. The second kappa shape index (κ2) is 5.64. The Labute approximate surface area is 121 Å². The van der Waals surface area contributed by atoms with Crippen LogP contribution in [0.1, 0.15) is 21.5 Å². The second-order valence-corrected chi connectivity index (χ2v) is 4.91. The zero-order valence-corrected chi connectivity index (χ0v) is 12.0. The molecule has 2 nitrogen and oxygen atoms in total. The molecule has 0 amide bonds. The van der Waals surface area contributed by atoms with Crippen molar-refractivity contribution in [2.75, 3.05) is 7.11 Å². The Hall–Kier alpha value is -1.51. The third-order valence-electron chi connectivity index (χ3n) is 2.93. The monoisotopic (exact) mass is 294 g/mol. The number of methoxy groups -OCH3 is 1. The molecule has 0 saturated carbocycles. The Kier molecular flexibility index (Phi) is 4.13. The third-order valence-corrected chi connectivity index (χ3v) is 3.63. The van der Waals surface area contributed by atoms with E-state index in [0.717, 1.165) is 5.56 Å². The van der Waals surface area contributed by atoms with Crippen LogP contribution in [0.15, 0.2) is 36.4 Å². The molecule has 2 aromatic carbocycles. The zero-order valence-electron chi connectivity index (χ0n) is 10.5. The lowest BCUT2D eigenvalue weighted by atomic mass is 9.99. The molecule has 0 radical (unpaired) electrons. The van der Waals surface area contributed by atoms with Crippen molar-refractivity contribution in [1.29, 1.82) is 0 Å². The van der Waals surface area contributed by atoms with Gasteiger partial charge in [0.05, 0.1) is 12.1 Å². The highest BCUT2D eigenvalue weighted by Crippen LogP contribution is 2.27. The highest BCUT2D eigenvalue weighted by atomic mass is 35.5. The van der Waals surface area contributed by atoms with E-state index in [-0.39, 0.29) is 5.78 Å². The molecule has 2 aromatic rings. The summed E-state index contributed by atoms with van der Waals surface area (Å²) in [4.78, 5) is 12.4. The summed E-state index contributed by atoms with van der Waals surface area (Å²) in [6.07, 6.45) is 0. The van der Waals surface area contributed by atoms with E-state index >= 15 is 0 Å². The summed E-state index contributed by atoms with van der Waals surface area (Å²) >= 11 is 12.1. The van der Waals surface area contributed by atoms with Crippen molar-refractivity contribution in [3.05, 3.63) is 63.1 Å². The second-order valence-electron chi connectivity index (χ2n) is 4.09. The van der Waals surface area contributed by atoms with E-state index in [9.17, 15) is 4.79 Å². The number of halogens is 2. The van der Waals surface area contributed by atoms with Gasteiger partial charge in [-0.2, -0.15) is 0 Å². The largest absolute Gasteiger partial charge is 0.495 e. The van der Waals surface area contributed by atoms with Gasteiger partial charge in [-0.05, 0) is 36.8 Å². The summed E-state index contributed by atoms with van der Waals surface area (Å²) in [7, 11) is 1.53. The molecule has 0 atom stereocenters. The fraction of sp³-hybridized carbons (Fsp3) is 0.133. The van der Waals surface area contributed by atoms with Gasteiger partial charge in [0.15, 0.2) is 5.78 Å². The Balaban J connectivity index is 2.44. The Morgan fingerprint density at radius 1 is 1.11 bits per heavy atom. The first kappa shape index (κ1) is 13.9. The van der Waals surface area contributed by atoms with Gasteiger partial charge in [0.25, 0.3) is 0 Å². The summed E-state index contributed by atoms with van der Waals surface area (Å²) < 4.78 is 5.06. The third kappa shape index (κ3) is 2.75. The Morgan fingerprint density at radius 2 is 1.84 bits per heavy atom. The molecular weight excluding hydrogens is 283 g/mol. The van der Waals surface area contributed by atoms with Gasteiger partial charge in [-0.3, -0.25) is 4.79 Å². The molecule has 0 fully saturated rings. The molecule has 0 saturated heterocycles. The van der Waals surface area contributed by atoms with Crippen LogP contribution < -0.4 is 4.74 Å². The number of carbonyl (C=O) groups is 1. The first-order chi connectivity index (χ1) is 9.04. The molecule has 0 heterocycles. The molecule has 0 bridgehead atoms. The first-order valence-electron chi connectivity index (χ1n) is 5.68. The van der Waals surface area contributed by atoms with Crippen LogP contribution in [0.4, 0.5) is 0 Å². The molecule has 98 valence electrons. The normalized spacial score (nSPS) is 10.3. The number of hydrogen-bond acceptors (Lipinski definition) is 2. The van der Waals surface area contributed by atoms with Crippen LogP contribution in [-0.4, -0.2) is 12.9 Å². The molecule has 19 heavy (non-hydrogen) atoms. The van der Waals surface area contributed by atoms with Crippen molar-refractivity contribution in [3.63, 3.8) is 0 Å². The van der Waals surface area contributed by atoms with E-state index in [1.165, 1.54) is 7.11 Å². The van der Waals surface area contributed by atoms with Crippen molar-refractivity contribution in [3.8, 4) is 5.75 Å². The standard InChI is InChI=1S/C15H12Cl2O2/c1-9-11(4-3-5-12(9)16)15(18)10-6-7-14(19-2)13(17)8-10/h3-8H,1-2H3. The summed E-state index contributed by atoms with van der Waals surface area (Å²) in [5, 5.41) is 0.985. The smallest absolute Gasteiger partial charge is 0.193 e. The molecule has 0 spiro atoms. The van der Waals surface area contributed by atoms with Gasteiger partial charge in [-0.1, -0.05) is 35.3 Å². The van der Waals surface area contributed by atoms with E-state index in [1.807, 2.05) is 6.92 Å². The fourth-order valence-corrected chi connectivity index (χ4v) is 2.25. The van der Waals surface area contributed by atoms with Crippen molar-refractivity contribution >= 4 is 29.0 Å². The number of hydrogen-bond donors (Lipinski definition) is 0. The first-order valence-corrected chi connectivity index (χ1v) is 6.43. The maximum Gasteiger partial charge on any atom is 0.193 e. The Morgan fingerprint density at radius 3 is 2.47 bits per heavy atom. The van der Waals surface area contributed by atoms with Crippen LogP contribution in [0.25, 0.3) is 0 Å². The molecule has 0 aliphatic rings. The summed E-state index contributed by atoms with van der Waals surface area (Å²) in [5.41, 5.74) is 1.85. The lowest BCUT2D eigenvalue weighted by Crippen LogP contribution is -2.04. The molecule has 0 aliphatic heterocycles. The van der Waals surface area contributed by atoms with Crippen LogP contribution in [0.5, 0.6) is 5.75 Å². The highest BCUT2D eigenvalue weighted by molar-refractivity contribution is 6.33. The minimum Gasteiger partial charge on any atom is -0.495 e. The molecule has 0 unspecified atom stereocenters. The van der Waals surface area contributed by atoms with Crippen LogP contribution in [-0.2, 0) is 0 Å². The van der Waals surface area contributed by atoms with Crippen LogP contribution in [0, 0.1) is 6.92 Å². The number of ether oxygens (including phenoxy) is 1. The van der Waals surface area contributed by atoms with E-state index < -0.39 is 0 Å². The van der Waals surface area contributed by atoms with Gasteiger partial charge in [0.2, 0.25) is 0 Å². The zero-order chi connectivity index (χ0) is 14.0. The van der Waals surface area contributed by atoms with Crippen molar-refractivity contribution in [2.24, 2.45) is 0 Å². The predicted octanol–water partition coefficient (Wildman–Crippen LogP) is 4.54. The molecule has 0 N–H and O–H groups in total. The van der Waals surface area contributed by atoms with Crippen molar-refractivity contribution in [2.45, 2.75) is 6.92 Å². The average molecular weight is 295 g/mol. The van der Waals surface area contributed by atoms with Crippen LogP contribution >= 0.6 is 23.2 Å². The summed E-state index contributed by atoms with van der Waals surface area (Å²) in [6, 6.07) is 10.2. The average Bonchev–Trinajstić information content (AvgIpc) is 2.41. The fourth-order valence-electron chi connectivity index (χ4n) is 1.82. The SMILES string of the molecule is COc1ccc(C(=O)c2cccc(Cl)c2C)cc1Cl. The minimum atomic E-state index is -0.107. The molecule has 4 heteroatoms. The quantitative estimate of drug-likeness (QED) is 0.777. The van der Waals surface area contributed by atoms with Gasteiger partial charge in [-0.25, -0.2) is 0 Å². The van der Waals surface area contributed by atoms with Gasteiger partial charge in [0.1, 0.15) is 5.75 Å². The van der Waals surface area contributed by atoms with Crippen molar-refractivity contribution < 1.29 is 9.53 Å². The van der Waals surface area contributed by atoms with Gasteiger partial charge in [0, 0.05) is 16.1 Å². The molecule has 0 aliphatic carbocycles. The topological polar surface area (TPSA) is 26.3 Å². The summed E-state index contributed by atoms with van der Waals surface area (Å²) in [6.45, 7) is 1.82. The van der Waals surface area contributed by atoms with E-state index in [4.69, 9.17) is 27.9 Å². The van der Waals surface area contributed by atoms with Gasteiger partial charge < -0.3 is 4.74 Å². The highest BCUT2D eigenvalue weighted by Gasteiger charge is 2.14. The lowest BCUT2D eigenvalue weighted by Gasteiger charge is -2.08. The molecule has 2 rings (SSSR count). The van der Waals surface area contributed by atoms with E-state index in [1.54, 1.807) is 36.4 Å². The Bertz CT molecular complexity index is 636. The van der Waals surface area contributed by atoms with Gasteiger partial charge in [-0.15, -0.1) is 0 Å².